The van der Waals surface area contributed by atoms with E-state index in [4.69, 9.17) is 5.73 Å². The van der Waals surface area contributed by atoms with Crippen LogP contribution in [0.5, 0.6) is 0 Å². The van der Waals surface area contributed by atoms with Crippen molar-refractivity contribution >= 4 is 11.5 Å². The van der Waals surface area contributed by atoms with Crippen molar-refractivity contribution in [2.45, 2.75) is 26.7 Å². The van der Waals surface area contributed by atoms with Gasteiger partial charge in [-0.3, -0.25) is 9.78 Å². The predicted molar refractivity (Wildman–Crippen MR) is 57.1 cm³/mol. The number of nitrogens with two attached hydrogens (primary N) is 1. The van der Waals surface area contributed by atoms with Crippen molar-refractivity contribution < 1.29 is 4.79 Å². The summed E-state index contributed by atoms with van der Waals surface area (Å²) in [6, 6.07) is 3.43. The Bertz CT molecular complexity index is 321. The largest absolute Gasteiger partial charge is 0.397 e. The average Bonchev–Trinajstić information content (AvgIpc) is 2.15. The highest BCUT2D eigenvalue weighted by Crippen LogP contribution is 2.13. The number of hydrogen-bond acceptors (Lipinski definition) is 3. The van der Waals surface area contributed by atoms with E-state index in [0.717, 1.165) is 6.42 Å². The van der Waals surface area contributed by atoms with Crippen LogP contribution in [-0.4, -0.2) is 10.8 Å². The molecule has 2 N–H and O–H groups in total. The van der Waals surface area contributed by atoms with E-state index >= 15 is 0 Å². The smallest absolute Gasteiger partial charge is 0.183 e. The summed E-state index contributed by atoms with van der Waals surface area (Å²) in [7, 11) is 0. The van der Waals surface area contributed by atoms with Crippen LogP contribution in [0, 0.1) is 5.92 Å². The predicted octanol–water partition coefficient (Wildman–Crippen LogP) is 2.28. The van der Waals surface area contributed by atoms with Crippen LogP contribution in [0.4, 0.5) is 5.69 Å². The van der Waals surface area contributed by atoms with Gasteiger partial charge in [-0.15, -0.1) is 0 Å². The summed E-state index contributed by atoms with van der Waals surface area (Å²) in [5.74, 6) is 0.570. The van der Waals surface area contributed by atoms with E-state index in [1.54, 1.807) is 18.3 Å². The fourth-order valence-electron chi connectivity index (χ4n) is 1.19. The SMILES string of the molecule is CC(C)CCC(=O)c1ncccc1N. The maximum Gasteiger partial charge on any atom is 0.183 e. The Morgan fingerprint density at radius 2 is 2.29 bits per heavy atom. The van der Waals surface area contributed by atoms with Gasteiger partial charge >= 0.3 is 0 Å². The van der Waals surface area contributed by atoms with Crippen LogP contribution in [0.15, 0.2) is 18.3 Å². The standard InChI is InChI=1S/C11H16N2O/c1-8(2)5-6-10(14)11-9(12)4-3-7-13-11/h3-4,7-8H,5-6,12H2,1-2H3. The molecule has 1 rings (SSSR count). The van der Waals surface area contributed by atoms with Gasteiger partial charge in [-0.25, -0.2) is 0 Å². The lowest BCUT2D eigenvalue weighted by atomic mass is 10.0. The molecular weight excluding hydrogens is 176 g/mol. The first kappa shape index (κ1) is 10.7. The first-order chi connectivity index (χ1) is 6.61. The van der Waals surface area contributed by atoms with E-state index in [1.165, 1.54) is 0 Å². The minimum absolute atomic E-state index is 0.0387. The first-order valence-corrected chi connectivity index (χ1v) is 4.85. The number of carbonyl (C=O) groups is 1. The lowest BCUT2D eigenvalue weighted by Crippen LogP contribution is -2.07. The zero-order valence-corrected chi connectivity index (χ0v) is 8.66. The molecule has 76 valence electrons. The fraction of sp³-hybridized carbons (Fsp3) is 0.455. The maximum atomic E-state index is 11.6. The molecule has 0 spiro atoms. The molecule has 0 amide bonds. The number of nitrogens with zero attached hydrogens (tertiary/aromatic N) is 1. The lowest BCUT2D eigenvalue weighted by molar-refractivity contribution is 0.0971. The minimum atomic E-state index is 0.0387. The second-order valence-electron chi connectivity index (χ2n) is 3.80. The Morgan fingerprint density at radius 3 is 2.86 bits per heavy atom. The third kappa shape index (κ3) is 2.83. The second-order valence-corrected chi connectivity index (χ2v) is 3.80. The summed E-state index contributed by atoms with van der Waals surface area (Å²) in [6.45, 7) is 4.18. The molecule has 0 saturated carbocycles. The van der Waals surface area contributed by atoms with Crippen LogP contribution in [0.1, 0.15) is 37.2 Å². The molecule has 0 bridgehead atoms. The number of rotatable bonds is 4. The van der Waals surface area contributed by atoms with E-state index in [1.807, 2.05) is 0 Å². The molecule has 0 fully saturated rings. The molecule has 0 unspecified atom stereocenters. The molecule has 14 heavy (non-hydrogen) atoms. The van der Waals surface area contributed by atoms with Gasteiger partial charge in [0.1, 0.15) is 5.69 Å². The van der Waals surface area contributed by atoms with Gasteiger partial charge in [-0.05, 0) is 24.5 Å². The number of hydrogen-bond donors (Lipinski definition) is 1. The van der Waals surface area contributed by atoms with Crippen molar-refractivity contribution in [3.8, 4) is 0 Å². The Balaban J connectivity index is 2.65. The number of anilines is 1. The van der Waals surface area contributed by atoms with Crippen LogP contribution in [0.25, 0.3) is 0 Å². The van der Waals surface area contributed by atoms with E-state index < -0.39 is 0 Å². The van der Waals surface area contributed by atoms with Crippen LogP contribution in [0.3, 0.4) is 0 Å². The number of carbonyl (C=O) groups excluding carboxylic acids is 1. The number of pyridine rings is 1. The molecule has 0 atom stereocenters. The molecule has 0 radical (unpaired) electrons. The summed E-state index contributed by atoms with van der Waals surface area (Å²) in [6.07, 6.45) is 3.01. The summed E-state index contributed by atoms with van der Waals surface area (Å²) >= 11 is 0. The fourth-order valence-corrected chi connectivity index (χ4v) is 1.19. The van der Waals surface area contributed by atoms with Crippen molar-refractivity contribution in [2.75, 3.05) is 5.73 Å². The maximum absolute atomic E-state index is 11.6. The van der Waals surface area contributed by atoms with Gasteiger partial charge < -0.3 is 5.73 Å². The monoisotopic (exact) mass is 192 g/mol. The van der Waals surface area contributed by atoms with Gasteiger partial charge in [-0.2, -0.15) is 0 Å². The molecular formula is C11H16N2O. The molecule has 3 heteroatoms. The first-order valence-electron chi connectivity index (χ1n) is 4.85. The van der Waals surface area contributed by atoms with Gasteiger partial charge in [0, 0.05) is 12.6 Å². The molecule has 1 aromatic heterocycles. The highest BCUT2D eigenvalue weighted by Gasteiger charge is 2.10. The van der Waals surface area contributed by atoms with Crippen molar-refractivity contribution in [1.29, 1.82) is 0 Å². The third-order valence-corrected chi connectivity index (χ3v) is 2.05. The quantitative estimate of drug-likeness (QED) is 0.744. The van der Waals surface area contributed by atoms with Crippen molar-refractivity contribution in [3.63, 3.8) is 0 Å². The Labute approximate surface area is 84.3 Å². The van der Waals surface area contributed by atoms with Crippen molar-refractivity contribution in [3.05, 3.63) is 24.0 Å². The molecule has 0 aliphatic heterocycles. The molecule has 0 saturated heterocycles. The van der Waals surface area contributed by atoms with Crippen molar-refractivity contribution in [1.82, 2.24) is 4.98 Å². The molecule has 3 nitrogen and oxygen atoms in total. The van der Waals surface area contributed by atoms with Gasteiger partial charge in [-0.1, -0.05) is 13.8 Å². The zero-order chi connectivity index (χ0) is 10.6. The highest BCUT2D eigenvalue weighted by molar-refractivity contribution is 5.98. The zero-order valence-electron chi connectivity index (χ0n) is 8.66. The average molecular weight is 192 g/mol. The van der Waals surface area contributed by atoms with Gasteiger partial charge in [0.2, 0.25) is 0 Å². The van der Waals surface area contributed by atoms with Crippen LogP contribution in [-0.2, 0) is 0 Å². The summed E-state index contributed by atoms with van der Waals surface area (Å²) < 4.78 is 0. The van der Waals surface area contributed by atoms with Crippen LogP contribution < -0.4 is 5.73 Å². The van der Waals surface area contributed by atoms with Gasteiger partial charge in [0.15, 0.2) is 5.78 Å². The molecule has 0 aliphatic rings. The molecule has 1 heterocycles. The summed E-state index contributed by atoms with van der Waals surface area (Å²) in [5.41, 5.74) is 6.53. The van der Waals surface area contributed by atoms with Crippen molar-refractivity contribution in [2.24, 2.45) is 5.92 Å². The molecule has 0 aliphatic carbocycles. The molecule has 1 aromatic rings. The van der Waals surface area contributed by atoms with E-state index in [9.17, 15) is 4.79 Å². The summed E-state index contributed by atoms with van der Waals surface area (Å²) in [4.78, 5) is 15.6. The second kappa shape index (κ2) is 4.74. The van der Waals surface area contributed by atoms with E-state index in [0.29, 0.717) is 23.7 Å². The topological polar surface area (TPSA) is 56.0 Å². The third-order valence-electron chi connectivity index (χ3n) is 2.05. The summed E-state index contributed by atoms with van der Waals surface area (Å²) in [5, 5.41) is 0. The number of aromatic nitrogens is 1. The van der Waals surface area contributed by atoms with E-state index in [2.05, 4.69) is 18.8 Å². The molecule has 0 aromatic carbocycles. The highest BCUT2D eigenvalue weighted by atomic mass is 16.1. The van der Waals surface area contributed by atoms with Gasteiger partial charge in [0.25, 0.3) is 0 Å². The number of nitrogen functional groups attached to an aromatic ring is 1. The Morgan fingerprint density at radius 1 is 1.57 bits per heavy atom. The van der Waals surface area contributed by atoms with Crippen LogP contribution >= 0.6 is 0 Å². The Kier molecular flexibility index (Phi) is 3.63. The number of Topliss-reactive ketones (excluding diaryl/α,β-unsaturated/α-hetero) is 1. The normalized spacial score (nSPS) is 10.5. The van der Waals surface area contributed by atoms with Crippen LogP contribution in [0.2, 0.25) is 0 Å². The number of ketones is 1. The minimum Gasteiger partial charge on any atom is -0.397 e. The Hall–Kier alpha value is -1.38. The van der Waals surface area contributed by atoms with Gasteiger partial charge in [0.05, 0.1) is 5.69 Å². The van der Waals surface area contributed by atoms with E-state index in [-0.39, 0.29) is 5.78 Å². The lowest BCUT2D eigenvalue weighted by Gasteiger charge is -2.04.